The van der Waals surface area contributed by atoms with Gasteiger partial charge in [-0.3, -0.25) is 10.1 Å². The van der Waals surface area contributed by atoms with Crippen LogP contribution >= 0.6 is 0 Å². The minimum absolute atomic E-state index is 0.0537. The fraction of sp³-hybridized carbons (Fsp3) is 0.400. The van der Waals surface area contributed by atoms with Gasteiger partial charge in [-0.1, -0.05) is 6.08 Å². The summed E-state index contributed by atoms with van der Waals surface area (Å²) in [7, 11) is 0. The lowest BCUT2D eigenvalue weighted by atomic mass is 10.4. The summed E-state index contributed by atoms with van der Waals surface area (Å²) in [5.41, 5.74) is 0. The minimum Gasteiger partial charge on any atom is -0.295 e. The maximum atomic E-state index is 10.1. The first-order valence-corrected chi connectivity index (χ1v) is 2.21. The molecular weight excluding hydrogens is 108 g/mol. The molecule has 0 aliphatic carbocycles. The summed E-state index contributed by atoms with van der Waals surface area (Å²) in [6.45, 7) is 1.49. The molecule has 0 amide bonds. The molecule has 0 fully saturated rings. The van der Waals surface area contributed by atoms with Crippen LogP contribution in [-0.4, -0.2) is 17.6 Å². The molecule has 0 aliphatic rings. The van der Waals surface area contributed by atoms with Crippen LogP contribution in [0.1, 0.15) is 6.92 Å². The molecular formula is C5H8O3. The molecule has 0 rings (SSSR count). The zero-order valence-electron chi connectivity index (χ0n) is 4.63. The summed E-state index contributed by atoms with van der Waals surface area (Å²) < 4.78 is 0. The van der Waals surface area contributed by atoms with E-state index in [0.717, 1.165) is 0 Å². The lowest BCUT2D eigenvalue weighted by Crippen LogP contribution is -1.85. The molecule has 0 radical (unpaired) electrons. The molecule has 0 aromatic rings. The number of hydrogen-bond acceptors (Lipinski definition) is 3. The van der Waals surface area contributed by atoms with E-state index in [9.17, 15) is 4.79 Å². The lowest BCUT2D eigenvalue weighted by molar-refractivity contribution is -0.231. The summed E-state index contributed by atoms with van der Waals surface area (Å²) in [5, 5.41) is 7.72. The second-order valence-corrected chi connectivity index (χ2v) is 1.31. The van der Waals surface area contributed by atoms with Crippen molar-refractivity contribution in [3.63, 3.8) is 0 Å². The van der Waals surface area contributed by atoms with E-state index in [1.165, 1.54) is 19.1 Å². The molecule has 1 N–H and O–H groups in total. The molecule has 46 valence electrons. The van der Waals surface area contributed by atoms with E-state index in [4.69, 9.17) is 5.26 Å². The summed E-state index contributed by atoms with van der Waals surface area (Å²) in [4.78, 5) is 13.7. The van der Waals surface area contributed by atoms with Crippen LogP contribution in [0.25, 0.3) is 0 Å². The Morgan fingerprint density at radius 2 is 2.50 bits per heavy atom. The Morgan fingerprint density at radius 3 is 2.88 bits per heavy atom. The van der Waals surface area contributed by atoms with Gasteiger partial charge >= 0.3 is 0 Å². The van der Waals surface area contributed by atoms with Crippen molar-refractivity contribution >= 4 is 5.78 Å². The van der Waals surface area contributed by atoms with Gasteiger partial charge in [-0.2, -0.15) is 0 Å². The van der Waals surface area contributed by atoms with Crippen LogP contribution in [-0.2, 0) is 9.68 Å². The summed E-state index contributed by atoms with van der Waals surface area (Å²) in [6, 6.07) is 0. The van der Waals surface area contributed by atoms with Gasteiger partial charge in [0.15, 0.2) is 5.78 Å². The van der Waals surface area contributed by atoms with Crippen LogP contribution in [0.3, 0.4) is 0 Å². The fourth-order valence-corrected chi connectivity index (χ4v) is 0.257. The third-order valence-electron chi connectivity index (χ3n) is 0.523. The Labute approximate surface area is 47.5 Å². The number of carbonyl (C=O) groups is 1. The van der Waals surface area contributed by atoms with Gasteiger partial charge in [0.25, 0.3) is 0 Å². The maximum Gasteiger partial charge on any atom is 0.152 e. The van der Waals surface area contributed by atoms with Crippen molar-refractivity contribution in [2.45, 2.75) is 6.92 Å². The lowest BCUT2D eigenvalue weighted by Gasteiger charge is -1.81. The Morgan fingerprint density at radius 1 is 1.88 bits per heavy atom. The van der Waals surface area contributed by atoms with E-state index in [0.29, 0.717) is 0 Å². The summed E-state index contributed by atoms with van der Waals surface area (Å²) in [5.74, 6) is -0.0537. The number of allylic oxidation sites excluding steroid dienone is 1. The molecule has 0 spiro atoms. The van der Waals surface area contributed by atoms with E-state index >= 15 is 0 Å². The first kappa shape index (κ1) is 7.33. The van der Waals surface area contributed by atoms with Crippen molar-refractivity contribution in [2.24, 2.45) is 0 Å². The van der Waals surface area contributed by atoms with Crippen LogP contribution in [0, 0.1) is 0 Å². The monoisotopic (exact) mass is 116 g/mol. The first-order chi connectivity index (χ1) is 3.77. The Balaban J connectivity index is 3.20. The van der Waals surface area contributed by atoms with Gasteiger partial charge in [0.2, 0.25) is 0 Å². The zero-order chi connectivity index (χ0) is 6.41. The number of rotatable bonds is 3. The Hall–Kier alpha value is -0.670. The smallest absolute Gasteiger partial charge is 0.152 e. The van der Waals surface area contributed by atoms with Crippen molar-refractivity contribution in [3.05, 3.63) is 12.2 Å². The van der Waals surface area contributed by atoms with Crippen molar-refractivity contribution in [1.29, 1.82) is 0 Å². The zero-order valence-corrected chi connectivity index (χ0v) is 4.63. The van der Waals surface area contributed by atoms with Gasteiger partial charge in [-0.05, 0) is 13.0 Å². The predicted octanol–water partition coefficient (Wildman–Crippen LogP) is 0.621. The van der Waals surface area contributed by atoms with Crippen molar-refractivity contribution in [3.8, 4) is 0 Å². The van der Waals surface area contributed by atoms with E-state index < -0.39 is 0 Å². The van der Waals surface area contributed by atoms with Crippen molar-refractivity contribution in [1.82, 2.24) is 0 Å². The molecule has 3 nitrogen and oxygen atoms in total. The predicted molar refractivity (Wildman–Crippen MR) is 28.4 cm³/mol. The molecule has 0 aliphatic heterocycles. The molecule has 0 saturated carbocycles. The maximum absolute atomic E-state index is 10.1. The quantitative estimate of drug-likeness (QED) is 0.334. The highest BCUT2D eigenvalue weighted by Crippen LogP contribution is 1.74. The Kier molecular flexibility index (Phi) is 4.11. The number of carbonyl (C=O) groups excluding carboxylic acids is 1. The molecule has 0 saturated heterocycles. The molecule has 0 aromatic carbocycles. The van der Waals surface area contributed by atoms with E-state index in [2.05, 4.69) is 4.89 Å². The molecule has 0 unspecified atom stereocenters. The van der Waals surface area contributed by atoms with E-state index in [-0.39, 0.29) is 12.4 Å². The van der Waals surface area contributed by atoms with Crippen LogP contribution in [0.4, 0.5) is 0 Å². The van der Waals surface area contributed by atoms with Gasteiger partial charge in [0, 0.05) is 0 Å². The third kappa shape index (κ3) is 5.33. The molecule has 8 heavy (non-hydrogen) atoms. The topological polar surface area (TPSA) is 46.5 Å². The van der Waals surface area contributed by atoms with Gasteiger partial charge < -0.3 is 0 Å². The highest BCUT2D eigenvalue weighted by molar-refractivity contribution is 5.87. The molecule has 3 heteroatoms. The summed E-state index contributed by atoms with van der Waals surface area (Å²) in [6.07, 6.45) is 2.76. The fourth-order valence-electron chi connectivity index (χ4n) is 0.257. The van der Waals surface area contributed by atoms with Crippen molar-refractivity contribution < 1.29 is 14.9 Å². The van der Waals surface area contributed by atoms with Crippen molar-refractivity contribution in [2.75, 3.05) is 6.61 Å². The SMILES string of the molecule is CC(=O)/C=C\COO. The van der Waals surface area contributed by atoms with Gasteiger partial charge in [0.1, 0.15) is 6.61 Å². The van der Waals surface area contributed by atoms with Crippen LogP contribution in [0.5, 0.6) is 0 Å². The van der Waals surface area contributed by atoms with Crippen LogP contribution in [0.15, 0.2) is 12.2 Å². The minimum atomic E-state index is -0.0537. The molecule has 0 heterocycles. The molecule has 0 atom stereocenters. The second kappa shape index (κ2) is 4.49. The average molecular weight is 116 g/mol. The second-order valence-electron chi connectivity index (χ2n) is 1.31. The molecule has 0 bridgehead atoms. The Bertz CT molecular complexity index is 95.8. The van der Waals surface area contributed by atoms with Gasteiger partial charge in [-0.15, -0.1) is 0 Å². The van der Waals surface area contributed by atoms with E-state index in [1.807, 2.05) is 0 Å². The number of hydrogen-bond donors (Lipinski definition) is 1. The highest BCUT2D eigenvalue weighted by atomic mass is 17.1. The summed E-state index contributed by atoms with van der Waals surface area (Å²) >= 11 is 0. The van der Waals surface area contributed by atoms with Crippen LogP contribution in [0.2, 0.25) is 0 Å². The highest BCUT2D eigenvalue weighted by Gasteiger charge is 1.78. The third-order valence-corrected chi connectivity index (χ3v) is 0.523. The molecule has 0 aromatic heterocycles. The van der Waals surface area contributed by atoms with Gasteiger partial charge in [-0.25, -0.2) is 4.89 Å². The largest absolute Gasteiger partial charge is 0.295 e. The first-order valence-electron chi connectivity index (χ1n) is 2.21. The average Bonchev–Trinajstić information content (AvgIpc) is 1.66. The number of ketones is 1. The van der Waals surface area contributed by atoms with Gasteiger partial charge in [0.05, 0.1) is 0 Å². The normalized spacial score (nSPS) is 10.2. The standard InChI is InChI=1S/C5H8O3/c1-5(6)3-2-4-8-7/h2-3,7H,4H2,1H3/b3-2-. The van der Waals surface area contributed by atoms with Crippen LogP contribution < -0.4 is 0 Å². The van der Waals surface area contributed by atoms with E-state index in [1.54, 1.807) is 0 Å².